The van der Waals surface area contributed by atoms with Crippen LogP contribution in [-0.2, 0) is 0 Å². The minimum absolute atomic E-state index is 0.558. The van der Waals surface area contributed by atoms with Crippen molar-refractivity contribution in [3.05, 3.63) is 36.4 Å². The molecule has 0 saturated heterocycles. The van der Waals surface area contributed by atoms with Crippen molar-refractivity contribution >= 4 is 17.6 Å². The average Bonchev–Trinajstić information content (AvgIpc) is 2.53. The minimum atomic E-state index is 0.558. The molecule has 0 aliphatic rings. The third kappa shape index (κ3) is 4.74. The van der Waals surface area contributed by atoms with Gasteiger partial charge in [0.2, 0.25) is 0 Å². The largest absolute Gasteiger partial charge is 0.370 e. The van der Waals surface area contributed by atoms with Crippen LogP contribution in [0.15, 0.2) is 41.4 Å². The second kappa shape index (κ2) is 8.03. The van der Waals surface area contributed by atoms with Crippen molar-refractivity contribution in [3.8, 4) is 11.4 Å². The molecule has 0 radical (unpaired) electrons. The molecule has 0 aliphatic carbocycles. The predicted octanol–water partition coefficient (Wildman–Crippen LogP) is 4.86. The van der Waals surface area contributed by atoms with Crippen molar-refractivity contribution in [1.29, 1.82) is 0 Å². The lowest BCUT2D eigenvalue weighted by atomic mass is 10.2. The van der Waals surface area contributed by atoms with Crippen LogP contribution in [0, 0.1) is 0 Å². The molecule has 2 rings (SSSR count). The quantitative estimate of drug-likeness (QED) is 0.585. The lowest BCUT2D eigenvalue weighted by Crippen LogP contribution is -2.05. The smallest absolute Gasteiger partial charge is 0.162 e. The van der Waals surface area contributed by atoms with E-state index in [1.54, 1.807) is 0 Å². The highest BCUT2D eigenvalue weighted by Crippen LogP contribution is 2.27. The maximum Gasteiger partial charge on any atom is 0.162 e. The van der Waals surface area contributed by atoms with E-state index in [-0.39, 0.29) is 0 Å². The number of benzene rings is 1. The number of aromatic nitrogens is 2. The molecule has 2 aromatic rings. The molecule has 4 heteroatoms. The van der Waals surface area contributed by atoms with Gasteiger partial charge < -0.3 is 5.32 Å². The Morgan fingerprint density at radius 2 is 1.90 bits per heavy atom. The summed E-state index contributed by atoms with van der Waals surface area (Å²) in [6.07, 6.45) is 2.21. The highest BCUT2D eigenvalue weighted by molar-refractivity contribution is 7.99. The molecule has 1 aromatic heterocycles. The Hall–Kier alpha value is -1.55. The van der Waals surface area contributed by atoms with E-state index in [0.717, 1.165) is 41.6 Å². The molecule has 1 unspecified atom stereocenters. The van der Waals surface area contributed by atoms with E-state index in [9.17, 15) is 0 Å². The molecule has 1 heterocycles. The highest BCUT2D eigenvalue weighted by atomic mass is 32.2. The maximum atomic E-state index is 4.71. The predicted molar refractivity (Wildman–Crippen MR) is 91.9 cm³/mol. The van der Waals surface area contributed by atoms with E-state index in [4.69, 9.17) is 4.98 Å². The Morgan fingerprint density at radius 1 is 1.14 bits per heavy atom. The second-order valence-corrected chi connectivity index (χ2v) is 6.50. The SMILES string of the molecule is CCCNc1cc(SC(C)CC)nc(-c2ccccc2)n1. The Labute approximate surface area is 131 Å². The number of rotatable bonds is 7. The molecule has 112 valence electrons. The molecule has 0 saturated carbocycles. The fraction of sp³-hybridized carbons (Fsp3) is 0.412. The van der Waals surface area contributed by atoms with Crippen LogP contribution < -0.4 is 5.32 Å². The Kier molecular flexibility index (Phi) is 6.05. The maximum absolute atomic E-state index is 4.71. The molecule has 0 fully saturated rings. The third-order valence-electron chi connectivity index (χ3n) is 3.19. The summed E-state index contributed by atoms with van der Waals surface area (Å²) in [5.41, 5.74) is 1.06. The van der Waals surface area contributed by atoms with Crippen molar-refractivity contribution in [2.75, 3.05) is 11.9 Å². The highest BCUT2D eigenvalue weighted by Gasteiger charge is 2.09. The van der Waals surface area contributed by atoms with Crippen LogP contribution in [0.4, 0.5) is 5.82 Å². The number of thioether (sulfide) groups is 1. The van der Waals surface area contributed by atoms with Gasteiger partial charge in [-0.05, 0) is 12.8 Å². The van der Waals surface area contributed by atoms with Crippen LogP contribution in [-0.4, -0.2) is 21.8 Å². The summed E-state index contributed by atoms with van der Waals surface area (Å²) in [5.74, 6) is 1.71. The van der Waals surface area contributed by atoms with Gasteiger partial charge in [0, 0.05) is 23.4 Å². The lowest BCUT2D eigenvalue weighted by Gasteiger charge is -2.12. The first-order chi connectivity index (χ1) is 10.2. The van der Waals surface area contributed by atoms with E-state index in [2.05, 4.69) is 49.3 Å². The van der Waals surface area contributed by atoms with Gasteiger partial charge in [-0.3, -0.25) is 0 Å². The summed E-state index contributed by atoms with van der Waals surface area (Å²) in [6, 6.07) is 12.2. The first-order valence-electron chi connectivity index (χ1n) is 7.58. The van der Waals surface area contributed by atoms with Crippen LogP contribution >= 0.6 is 11.8 Å². The number of hydrogen-bond acceptors (Lipinski definition) is 4. The third-order valence-corrected chi connectivity index (χ3v) is 4.37. The Balaban J connectivity index is 2.32. The molecule has 1 N–H and O–H groups in total. The van der Waals surface area contributed by atoms with Gasteiger partial charge in [0.15, 0.2) is 5.82 Å². The zero-order valence-corrected chi connectivity index (χ0v) is 13.8. The second-order valence-electron chi connectivity index (χ2n) is 5.04. The molecule has 1 atom stereocenters. The number of hydrogen-bond donors (Lipinski definition) is 1. The van der Waals surface area contributed by atoms with Crippen LogP contribution in [0.2, 0.25) is 0 Å². The molecular formula is C17H23N3S. The summed E-state index contributed by atoms with van der Waals surface area (Å²) in [6.45, 7) is 7.51. The minimum Gasteiger partial charge on any atom is -0.370 e. The first-order valence-corrected chi connectivity index (χ1v) is 8.46. The summed E-state index contributed by atoms with van der Waals surface area (Å²) in [7, 11) is 0. The average molecular weight is 301 g/mol. The van der Waals surface area contributed by atoms with Crippen LogP contribution in [0.5, 0.6) is 0 Å². The van der Waals surface area contributed by atoms with Gasteiger partial charge in [-0.2, -0.15) is 0 Å². The van der Waals surface area contributed by atoms with Gasteiger partial charge in [-0.25, -0.2) is 9.97 Å². The summed E-state index contributed by atoms with van der Waals surface area (Å²) in [4.78, 5) is 9.35. The van der Waals surface area contributed by atoms with Crippen molar-refractivity contribution < 1.29 is 0 Å². The molecule has 3 nitrogen and oxygen atoms in total. The van der Waals surface area contributed by atoms with Crippen molar-refractivity contribution in [2.24, 2.45) is 0 Å². The molecule has 1 aromatic carbocycles. The van der Waals surface area contributed by atoms with Crippen LogP contribution in [0.25, 0.3) is 11.4 Å². The zero-order chi connectivity index (χ0) is 15.1. The topological polar surface area (TPSA) is 37.8 Å². The number of nitrogens with one attached hydrogen (secondary N) is 1. The van der Waals surface area contributed by atoms with E-state index in [0.29, 0.717) is 5.25 Å². The molecule has 0 spiro atoms. The summed E-state index contributed by atoms with van der Waals surface area (Å²) >= 11 is 1.81. The molecule has 0 aliphatic heterocycles. The monoisotopic (exact) mass is 301 g/mol. The lowest BCUT2D eigenvalue weighted by molar-refractivity contribution is 0.898. The summed E-state index contributed by atoms with van der Waals surface area (Å²) < 4.78 is 0. The van der Waals surface area contributed by atoms with Gasteiger partial charge >= 0.3 is 0 Å². The molecule has 21 heavy (non-hydrogen) atoms. The van der Waals surface area contributed by atoms with E-state index in [1.807, 2.05) is 30.0 Å². The summed E-state index contributed by atoms with van der Waals surface area (Å²) in [5, 5.41) is 4.97. The van der Waals surface area contributed by atoms with Gasteiger partial charge in [0.25, 0.3) is 0 Å². The van der Waals surface area contributed by atoms with Crippen molar-refractivity contribution in [3.63, 3.8) is 0 Å². The molecule has 0 bridgehead atoms. The van der Waals surface area contributed by atoms with Gasteiger partial charge in [-0.15, -0.1) is 11.8 Å². The van der Waals surface area contributed by atoms with Crippen molar-refractivity contribution in [1.82, 2.24) is 9.97 Å². The molecule has 0 amide bonds. The normalized spacial score (nSPS) is 12.1. The Morgan fingerprint density at radius 3 is 2.57 bits per heavy atom. The van der Waals surface area contributed by atoms with Crippen LogP contribution in [0.3, 0.4) is 0 Å². The van der Waals surface area contributed by atoms with Gasteiger partial charge in [-0.1, -0.05) is 51.1 Å². The van der Waals surface area contributed by atoms with E-state index >= 15 is 0 Å². The van der Waals surface area contributed by atoms with E-state index in [1.165, 1.54) is 0 Å². The number of anilines is 1. The van der Waals surface area contributed by atoms with Crippen LogP contribution in [0.1, 0.15) is 33.6 Å². The fourth-order valence-corrected chi connectivity index (χ4v) is 2.73. The molecular weight excluding hydrogens is 278 g/mol. The van der Waals surface area contributed by atoms with Gasteiger partial charge in [0.1, 0.15) is 10.8 Å². The first kappa shape index (κ1) is 15.8. The Bertz CT molecular complexity index is 557. The van der Waals surface area contributed by atoms with E-state index < -0.39 is 0 Å². The standard InChI is InChI=1S/C17H23N3S/c1-4-11-18-15-12-16(21-13(3)5-2)20-17(19-15)14-9-7-6-8-10-14/h6-10,12-13H,4-5,11H2,1-3H3,(H,18,19,20). The van der Waals surface area contributed by atoms with Gasteiger partial charge in [0.05, 0.1) is 0 Å². The van der Waals surface area contributed by atoms with Crippen molar-refractivity contribution in [2.45, 2.75) is 43.9 Å². The fourth-order valence-electron chi connectivity index (χ4n) is 1.83. The zero-order valence-electron chi connectivity index (χ0n) is 13.0. The number of nitrogens with zero attached hydrogens (tertiary/aromatic N) is 2.